The smallest absolute Gasteiger partial charge is 0.490 e. The van der Waals surface area contributed by atoms with Crippen molar-refractivity contribution in [2.75, 3.05) is 39.1 Å². The van der Waals surface area contributed by atoms with Crippen molar-refractivity contribution in [1.29, 1.82) is 0 Å². The van der Waals surface area contributed by atoms with Gasteiger partial charge in [-0.15, -0.1) is 0 Å². The number of carboxylic acids is 1. The number of benzene rings is 1. The molecule has 3 aromatic rings. The van der Waals surface area contributed by atoms with Crippen LogP contribution in [-0.4, -0.2) is 86.5 Å². The number of nitrogens with zero attached hydrogens (tertiary/aromatic N) is 6. The van der Waals surface area contributed by atoms with Gasteiger partial charge >= 0.3 is 12.1 Å². The molecule has 1 saturated heterocycles. The molecule has 1 amide bonds. The lowest BCUT2D eigenvalue weighted by Gasteiger charge is -2.31. The third-order valence-corrected chi connectivity index (χ3v) is 6.80. The molecule has 0 unspecified atom stereocenters. The Morgan fingerprint density at radius 1 is 1.13 bits per heavy atom. The second kappa shape index (κ2) is 11.4. The van der Waals surface area contributed by atoms with E-state index in [1.807, 2.05) is 15.8 Å². The number of alkyl halides is 3. The maximum atomic E-state index is 11.6. The highest BCUT2D eigenvalue weighted by atomic mass is 19.4. The Morgan fingerprint density at radius 2 is 1.82 bits per heavy atom. The molecule has 39 heavy (non-hydrogen) atoms. The summed E-state index contributed by atoms with van der Waals surface area (Å²) in [6, 6.07) is 4.49. The largest absolute Gasteiger partial charge is 0.495 e. The van der Waals surface area contributed by atoms with E-state index in [0.29, 0.717) is 5.95 Å². The summed E-state index contributed by atoms with van der Waals surface area (Å²) in [5.41, 5.74) is 4.30. The molecule has 14 heteroatoms. The molecule has 2 aliphatic heterocycles. The lowest BCUT2D eigenvalue weighted by molar-refractivity contribution is -0.192. The van der Waals surface area contributed by atoms with Gasteiger partial charge in [0, 0.05) is 39.3 Å². The minimum absolute atomic E-state index is 0.132. The van der Waals surface area contributed by atoms with Crippen LogP contribution in [0.25, 0.3) is 11.0 Å². The number of rotatable bonds is 4. The molecular formula is C25H30F3N7O4. The fourth-order valence-corrected chi connectivity index (χ4v) is 4.70. The van der Waals surface area contributed by atoms with Gasteiger partial charge in [-0.1, -0.05) is 0 Å². The molecule has 2 N–H and O–H groups in total. The number of anilines is 2. The highest BCUT2D eigenvalue weighted by Gasteiger charge is 2.38. The van der Waals surface area contributed by atoms with E-state index in [-0.39, 0.29) is 11.9 Å². The van der Waals surface area contributed by atoms with Crippen LogP contribution in [0.5, 0.6) is 5.75 Å². The number of likely N-dealkylation sites (tertiary alicyclic amines) is 1. The minimum atomic E-state index is -5.08. The first kappa shape index (κ1) is 28.1. The van der Waals surface area contributed by atoms with Crippen LogP contribution < -0.4 is 10.1 Å². The van der Waals surface area contributed by atoms with Gasteiger partial charge in [-0.2, -0.15) is 23.3 Å². The number of methoxy groups -OCH3 is 1. The third-order valence-electron chi connectivity index (χ3n) is 6.80. The zero-order valence-electron chi connectivity index (χ0n) is 21.8. The predicted octanol–water partition coefficient (Wildman–Crippen LogP) is 3.38. The summed E-state index contributed by atoms with van der Waals surface area (Å²) in [5, 5.41) is 16.0. The number of carbonyl (C=O) groups is 2. The number of nitrogens with one attached hydrogen (secondary N) is 1. The fraction of sp³-hybridized carbons (Fsp3) is 0.480. The van der Waals surface area contributed by atoms with Crippen molar-refractivity contribution in [2.45, 2.75) is 44.9 Å². The molecule has 0 saturated carbocycles. The molecule has 4 heterocycles. The standard InChI is InChI=1S/C23H29N7O2.C2HF3O2/c1-15(31)29-8-5-19(6-9-29)30-22-18(13-25-30)12-24-23(27-22)26-20-10-17-14-28(2)7-4-16(17)11-21(20)32-3;3-2(4,5)1(6)7/h10-13,19H,4-9,14H2,1-3H3,(H,24,26,27);(H,6,7). The summed E-state index contributed by atoms with van der Waals surface area (Å²) in [6.07, 6.45) is 1.29. The number of hydrogen-bond acceptors (Lipinski definition) is 8. The van der Waals surface area contributed by atoms with Crippen molar-refractivity contribution < 1.29 is 32.6 Å². The maximum absolute atomic E-state index is 11.6. The molecule has 11 nitrogen and oxygen atoms in total. The minimum Gasteiger partial charge on any atom is -0.495 e. The number of ether oxygens (including phenoxy) is 1. The van der Waals surface area contributed by atoms with Crippen molar-refractivity contribution in [1.82, 2.24) is 29.5 Å². The zero-order valence-corrected chi connectivity index (χ0v) is 21.8. The van der Waals surface area contributed by atoms with Gasteiger partial charge in [-0.05, 0) is 49.6 Å². The Kier molecular flexibility index (Phi) is 8.23. The first-order valence-corrected chi connectivity index (χ1v) is 12.4. The van der Waals surface area contributed by atoms with Crippen molar-refractivity contribution in [3.05, 3.63) is 35.7 Å². The molecule has 0 bridgehead atoms. The van der Waals surface area contributed by atoms with Crippen molar-refractivity contribution in [2.24, 2.45) is 0 Å². The first-order valence-electron chi connectivity index (χ1n) is 12.4. The van der Waals surface area contributed by atoms with Crippen LogP contribution in [0.1, 0.15) is 36.9 Å². The molecule has 0 aliphatic carbocycles. The number of piperidine rings is 1. The number of likely N-dealkylation sites (N-methyl/N-ethyl adjacent to an activating group) is 1. The SMILES string of the molecule is COc1cc2c(cc1Nc1ncc3cnn(C4CCN(C(C)=O)CC4)c3n1)CN(C)CC2.O=C(O)C(F)(F)F. The van der Waals surface area contributed by atoms with Gasteiger partial charge in [0.1, 0.15) is 5.75 Å². The molecule has 0 atom stereocenters. The summed E-state index contributed by atoms with van der Waals surface area (Å²) < 4.78 is 39.4. The Labute approximate surface area is 222 Å². The summed E-state index contributed by atoms with van der Waals surface area (Å²) in [6.45, 7) is 5.09. The first-order chi connectivity index (χ1) is 18.5. The maximum Gasteiger partial charge on any atom is 0.490 e. The number of aromatic nitrogens is 4. The number of amides is 1. The van der Waals surface area contributed by atoms with Gasteiger partial charge in [0.2, 0.25) is 11.9 Å². The Morgan fingerprint density at radius 3 is 2.44 bits per heavy atom. The topological polar surface area (TPSA) is 126 Å². The van der Waals surface area contributed by atoms with E-state index in [9.17, 15) is 18.0 Å². The van der Waals surface area contributed by atoms with Gasteiger partial charge in [-0.3, -0.25) is 4.79 Å². The van der Waals surface area contributed by atoms with Crippen molar-refractivity contribution in [3.8, 4) is 5.75 Å². The summed E-state index contributed by atoms with van der Waals surface area (Å²) in [5.74, 6) is -1.31. The number of fused-ring (bicyclic) bond motifs is 2. The number of carbonyl (C=O) groups excluding carboxylic acids is 1. The highest BCUT2D eigenvalue weighted by Crippen LogP contribution is 2.33. The summed E-state index contributed by atoms with van der Waals surface area (Å²) >= 11 is 0. The van der Waals surface area contributed by atoms with Crippen LogP contribution in [0.4, 0.5) is 24.8 Å². The number of aliphatic carboxylic acids is 1. The summed E-state index contributed by atoms with van der Waals surface area (Å²) in [7, 11) is 3.83. The fourth-order valence-electron chi connectivity index (χ4n) is 4.70. The zero-order chi connectivity index (χ0) is 28.3. The number of halogens is 3. The number of carboxylic acid groups (broad SMARTS) is 1. The monoisotopic (exact) mass is 549 g/mol. The molecule has 1 fully saturated rings. The highest BCUT2D eigenvalue weighted by molar-refractivity contribution is 5.76. The molecular weight excluding hydrogens is 519 g/mol. The van der Waals surface area contributed by atoms with E-state index in [4.69, 9.17) is 19.6 Å². The average Bonchev–Trinajstić information content (AvgIpc) is 3.31. The van der Waals surface area contributed by atoms with Gasteiger partial charge in [0.25, 0.3) is 0 Å². The molecule has 210 valence electrons. The Hall–Kier alpha value is -3.94. The molecule has 5 rings (SSSR count). The molecule has 0 radical (unpaired) electrons. The van der Waals surface area contributed by atoms with Crippen LogP contribution in [0.2, 0.25) is 0 Å². The van der Waals surface area contributed by atoms with E-state index in [2.05, 4.69) is 39.5 Å². The Bertz CT molecular complexity index is 1350. The lowest BCUT2D eigenvalue weighted by atomic mass is 9.99. The van der Waals surface area contributed by atoms with Crippen LogP contribution in [0, 0.1) is 0 Å². The van der Waals surface area contributed by atoms with E-state index >= 15 is 0 Å². The van der Waals surface area contributed by atoms with Gasteiger partial charge in [0.05, 0.1) is 30.4 Å². The molecule has 0 spiro atoms. The Balaban J connectivity index is 0.000000448. The second-order valence-corrected chi connectivity index (χ2v) is 9.54. The van der Waals surface area contributed by atoms with Crippen molar-refractivity contribution in [3.63, 3.8) is 0 Å². The lowest BCUT2D eigenvalue weighted by Crippen LogP contribution is -2.37. The van der Waals surface area contributed by atoms with Crippen LogP contribution in [0.15, 0.2) is 24.5 Å². The molecule has 1 aromatic carbocycles. The van der Waals surface area contributed by atoms with Crippen LogP contribution in [-0.2, 0) is 22.6 Å². The van der Waals surface area contributed by atoms with Crippen LogP contribution >= 0.6 is 0 Å². The third kappa shape index (κ3) is 6.56. The molecule has 2 aliphatic rings. The van der Waals surface area contributed by atoms with Gasteiger partial charge < -0.3 is 25.0 Å². The normalized spacial score (nSPS) is 16.3. The quantitative estimate of drug-likeness (QED) is 0.504. The second-order valence-electron chi connectivity index (χ2n) is 9.54. The van der Waals surface area contributed by atoms with Crippen molar-refractivity contribution >= 4 is 34.5 Å². The van der Waals surface area contributed by atoms with E-state index in [1.54, 1.807) is 20.2 Å². The van der Waals surface area contributed by atoms with E-state index in [1.165, 1.54) is 11.1 Å². The number of hydrogen-bond donors (Lipinski definition) is 2. The molecule has 2 aromatic heterocycles. The van der Waals surface area contributed by atoms with Gasteiger partial charge in [-0.25, -0.2) is 14.5 Å². The van der Waals surface area contributed by atoms with Gasteiger partial charge in [0.15, 0.2) is 5.65 Å². The summed E-state index contributed by atoms with van der Waals surface area (Å²) in [4.78, 5) is 34.0. The average molecular weight is 550 g/mol. The van der Waals surface area contributed by atoms with Crippen LogP contribution in [0.3, 0.4) is 0 Å². The van der Waals surface area contributed by atoms with E-state index < -0.39 is 12.1 Å². The predicted molar refractivity (Wildman–Crippen MR) is 136 cm³/mol. The van der Waals surface area contributed by atoms with E-state index in [0.717, 1.165) is 67.9 Å².